The molecule has 0 spiro atoms. The first-order valence-electron chi connectivity index (χ1n) is 13.0. The van der Waals surface area contributed by atoms with E-state index in [0.717, 1.165) is 28.2 Å². The lowest BCUT2D eigenvalue weighted by atomic mass is 10.1. The first kappa shape index (κ1) is 29.1. The molecule has 1 atom stereocenters. The van der Waals surface area contributed by atoms with Crippen LogP contribution in [0.1, 0.15) is 28.2 Å². The molecule has 0 N–H and O–H groups in total. The van der Waals surface area contributed by atoms with Crippen molar-refractivity contribution in [1.82, 2.24) is 9.21 Å². The minimum absolute atomic E-state index is 0.143. The third-order valence-electron chi connectivity index (χ3n) is 6.74. The molecule has 8 nitrogen and oxygen atoms in total. The summed E-state index contributed by atoms with van der Waals surface area (Å²) in [6.45, 7) is 3.35. The maximum Gasteiger partial charge on any atom is 0.243 e. The minimum atomic E-state index is -3.89. The summed E-state index contributed by atoms with van der Waals surface area (Å²) in [6.07, 6.45) is 2.00. The van der Waals surface area contributed by atoms with Gasteiger partial charge in [-0.15, -0.1) is 11.3 Å². The molecule has 210 valence electrons. The third-order valence-corrected chi connectivity index (χ3v) is 9.55. The SMILES string of the molecule is COc1ccc(CCN(Cc2ccc(C)s2)C(=O)CN(CC2CCCO2)S(=O)(=O)c2ccccc2)cc1OC. The summed E-state index contributed by atoms with van der Waals surface area (Å²) < 4.78 is 45.1. The van der Waals surface area contributed by atoms with Gasteiger partial charge in [0.25, 0.3) is 0 Å². The normalized spacial score (nSPS) is 15.4. The Kier molecular flexibility index (Phi) is 10.0. The minimum Gasteiger partial charge on any atom is -0.493 e. The van der Waals surface area contributed by atoms with Crippen LogP contribution in [-0.2, 0) is 32.5 Å². The van der Waals surface area contributed by atoms with Crippen LogP contribution in [0, 0.1) is 6.92 Å². The van der Waals surface area contributed by atoms with Crippen molar-refractivity contribution in [3.63, 3.8) is 0 Å². The number of hydrogen-bond donors (Lipinski definition) is 0. The van der Waals surface area contributed by atoms with Gasteiger partial charge in [-0.05, 0) is 68.1 Å². The molecule has 0 radical (unpaired) electrons. The molecule has 1 amide bonds. The zero-order chi connectivity index (χ0) is 27.8. The number of sulfonamides is 1. The molecule has 3 aromatic rings. The zero-order valence-electron chi connectivity index (χ0n) is 22.7. The second-order valence-corrected chi connectivity index (χ2v) is 12.8. The van der Waals surface area contributed by atoms with Crippen LogP contribution in [0.4, 0.5) is 0 Å². The summed E-state index contributed by atoms with van der Waals surface area (Å²) in [7, 11) is -0.712. The van der Waals surface area contributed by atoms with Gasteiger partial charge in [0.1, 0.15) is 0 Å². The lowest BCUT2D eigenvalue weighted by Crippen LogP contribution is -2.45. The molecule has 0 bridgehead atoms. The first-order chi connectivity index (χ1) is 18.8. The smallest absolute Gasteiger partial charge is 0.243 e. The molecular weight excluding hydrogens is 536 g/mol. The van der Waals surface area contributed by atoms with Gasteiger partial charge in [-0.2, -0.15) is 4.31 Å². The van der Waals surface area contributed by atoms with E-state index in [1.165, 1.54) is 4.31 Å². The number of nitrogens with zero attached hydrogens (tertiary/aromatic N) is 2. The first-order valence-corrected chi connectivity index (χ1v) is 15.3. The van der Waals surface area contributed by atoms with Gasteiger partial charge < -0.3 is 19.1 Å². The van der Waals surface area contributed by atoms with Gasteiger partial charge in [0.2, 0.25) is 15.9 Å². The van der Waals surface area contributed by atoms with Crippen LogP contribution >= 0.6 is 11.3 Å². The predicted molar refractivity (Wildman–Crippen MR) is 152 cm³/mol. The molecule has 1 aromatic heterocycles. The number of carbonyl (C=O) groups is 1. The quantitative estimate of drug-likeness (QED) is 0.300. The summed E-state index contributed by atoms with van der Waals surface area (Å²) in [5.74, 6) is 1.01. The summed E-state index contributed by atoms with van der Waals surface area (Å²) >= 11 is 1.63. The number of amides is 1. The number of hydrogen-bond acceptors (Lipinski definition) is 7. The van der Waals surface area contributed by atoms with Crippen molar-refractivity contribution in [2.45, 2.75) is 43.7 Å². The Morgan fingerprint density at radius 1 is 1.05 bits per heavy atom. The van der Waals surface area contributed by atoms with Crippen LogP contribution in [-0.4, -0.2) is 70.1 Å². The van der Waals surface area contributed by atoms with E-state index in [1.54, 1.807) is 60.8 Å². The van der Waals surface area contributed by atoms with Crippen molar-refractivity contribution in [2.75, 3.05) is 40.5 Å². The fraction of sp³-hybridized carbons (Fsp3) is 0.414. The predicted octanol–water partition coefficient (Wildman–Crippen LogP) is 4.51. The lowest BCUT2D eigenvalue weighted by molar-refractivity contribution is -0.132. The van der Waals surface area contributed by atoms with Crippen LogP contribution < -0.4 is 9.47 Å². The highest BCUT2D eigenvalue weighted by molar-refractivity contribution is 7.89. The molecule has 1 unspecified atom stereocenters. The fourth-order valence-electron chi connectivity index (χ4n) is 4.61. The number of methoxy groups -OCH3 is 2. The second-order valence-electron chi connectivity index (χ2n) is 9.51. The van der Waals surface area contributed by atoms with E-state index in [9.17, 15) is 13.2 Å². The van der Waals surface area contributed by atoms with E-state index in [2.05, 4.69) is 0 Å². The highest BCUT2D eigenvalue weighted by Gasteiger charge is 2.32. The molecule has 1 aliphatic rings. The Balaban J connectivity index is 1.56. The van der Waals surface area contributed by atoms with Crippen molar-refractivity contribution in [3.05, 3.63) is 76.0 Å². The molecule has 1 fully saturated rings. The molecule has 39 heavy (non-hydrogen) atoms. The number of carbonyl (C=O) groups excluding carboxylic acids is 1. The summed E-state index contributed by atoms with van der Waals surface area (Å²) in [5.41, 5.74) is 0.987. The van der Waals surface area contributed by atoms with Gasteiger partial charge in [0.15, 0.2) is 11.5 Å². The van der Waals surface area contributed by atoms with Gasteiger partial charge in [-0.1, -0.05) is 24.3 Å². The van der Waals surface area contributed by atoms with Gasteiger partial charge in [-0.3, -0.25) is 4.79 Å². The van der Waals surface area contributed by atoms with Crippen LogP contribution in [0.3, 0.4) is 0 Å². The van der Waals surface area contributed by atoms with Crippen molar-refractivity contribution in [2.24, 2.45) is 0 Å². The van der Waals surface area contributed by atoms with E-state index in [1.807, 2.05) is 37.3 Å². The zero-order valence-corrected chi connectivity index (χ0v) is 24.3. The van der Waals surface area contributed by atoms with Gasteiger partial charge >= 0.3 is 0 Å². The molecular formula is C29H36N2O6S2. The van der Waals surface area contributed by atoms with Crippen molar-refractivity contribution >= 4 is 27.3 Å². The molecule has 4 rings (SSSR count). The molecule has 2 aromatic carbocycles. The standard InChI is InChI=1S/C29H36N2O6S2/c1-22-11-13-25(38-22)20-30(16-15-23-12-14-27(35-2)28(18-23)36-3)29(32)21-31(19-24-8-7-17-37-24)39(33,34)26-9-5-4-6-10-26/h4-6,9-14,18,24H,7-8,15-17,19-21H2,1-3H3. The highest BCUT2D eigenvalue weighted by atomic mass is 32.2. The van der Waals surface area contributed by atoms with Gasteiger partial charge in [-0.25, -0.2) is 8.42 Å². The van der Waals surface area contributed by atoms with Crippen LogP contribution in [0.15, 0.2) is 65.6 Å². The summed E-state index contributed by atoms with van der Waals surface area (Å²) in [5, 5.41) is 0. The molecule has 0 aliphatic carbocycles. The summed E-state index contributed by atoms with van der Waals surface area (Å²) in [4.78, 5) is 17.9. The largest absolute Gasteiger partial charge is 0.493 e. The van der Waals surface area contributed by atoms with Crippen LogP contribution in [0.2, 0.25) is 0 Å². The number of benzene rings is 2. The van der Waals surface area contributed by atoms with E-state index in [0.29, 0.717) is 37.6 Å². The van der Waals surface area contributed by atoms with E-state index in [-0.39, 0.29) is 30.0 Å². The highest BCUT2D eigenvalue weighted by Crippen LogP contribution is 2.28. The van der Waals surface area contributed by atoms with Crippen molar-refractivity contribution < 1.29 is 27.4 Å². The number of ether oxygens (including phenoxy) is 3. The van der Waals surface area contributed by atoms with Crippen molar-refractivity contribution in [3.8, 4) is 11.5 Å². The third kappa shape index (κ3) is 7.60. The van der Waals surface area contributed by atoms with E-state index in [4.69, 9.17) is 14.2 Å². The van der Waals surface area contributed by atoms with E-state index < -0.39 is 10.0 Å². The Hall–Kier alpha value is -2.92. The maximum atomic E-state index is 13.8. The molecule has 1 saturated heterocycles. The number of rotatable bonds is 13. The summed E-state index contributed by atoms with van der Waals surface area (Å²) in [6, 6.07) is 18.0. The second kappa shape index (κ2) is 13.4. The number of thiophene rings is 1. The maximum absolute atomic E-state index is 13.8. The van der Waals surface area contributed by atoms with Crippen molar-refractivity contribution in [1.29, 1.82) is 0 Å². The Labute approximate surface area is 235 Å². The van der Waals surface area contributed by atoms with Crippen LogP contribution in [0.25, 0.3) is 0 Å². The fourth-order valence-corrected chi connectivity index (χ4v) is 6.95. The molecule has 10 heteroatoms. The lowest BCUT2D eigenvalue weighted by Gasteiger charge is -2.28. The van der Waals surface area contributed by atoms with Gasteiger partial charge in [0, 0.05) is 29.5 Å². The Morgan fingerprint density at radius 2 is 1.82 bits per heavy atom. The van der Waals surface area contributed by atoms with E-state index >= 15 is 0 Å². The molecule has 0 saturated carbocycles. The Morgan fingerprint density at radius 3 is 2.46 bits per heavy atom. The van der Waals surface area contributed by atoms with Gasteiger partial charge in [0.05, 0.1) is 38.3 Å². The topological polar surface area (TPSA) is 85.4 Å². The monoisotopic (exact) mass is 572 g/mol. The average molecular weight is 573 g/mol. The average Bonchev–Trinajstić information content (AvgIpc) is 3.62. The molecule has 2 heterocycles. The number of aryl methyl sites for hydroxylation is 1. The van der Waals surface area contributed by atoms with Crippen LogP contribution in [0.5, 0.6) is 11.5 Å². The molecule has 1 aliphatic heterocycles. The Bertz CT molecular complexity index is 1340.